The van der Waals surface area contributed by atoms with E-state index >= 15 is 0 Å². The third-order valence-electron chi connectivity index (χ3n) is 3.52. The summed E-state index contributed by atoms with van der Waals surface area (Å²) in [4.78, 5) is 0. The Balaban J connectivity index is 0. The second-order valence-corrected chi connectivity index (χ2v) is 7.22. The minimum Gasteiger partial charge on any atom is -0.743 e. The molecule has 0 aromatic carbocycles. The van der Waals surface area contributed by atoms with Crippen molar-refractivity contribution in [1.82, 2.24) is 0 Å². The fourth-order valence-corrected chi connectivity index (χ4v) is 2.24. The fourth-order valence-electron chi connectivity index (χ4n) is 1.79. The molecular formula is C11H8F15NaO3S. The monoisotopic (exact) mass is 528 g/mol. The molecule has 0 atom stereocenters. The molecular weight excluding hydrogens is 520 g/mol. The summed E-state index contributed by atoms with van der Waals surface area (Å²) in [6, 6.07) is 0. The van der Waals surface area contributed by atoms with E-state index in [1.165, 1.54) is 0 Å². The summed E-state index contributed by atoms with van der Waals surface area (Å²) in [7, 11) is -7.90. The maximum atomic E-state index is 13.3. The van der Waals surface area contributed by atoms with Crippen molar-refractivity contribution in [2.45, 2.75) is 66.7 Å². The second kappa shape index (κ2) is 9.25. The Hall–Kier alpha value is -0.140. The first kappa shape index (κ1) is 33.0. The summed E-state index contributed by atoms with van der Waals surface area (Å²) in [6.07, 6.45) is -12.7. The van der Waals surface area contributed by atoms with Crippen molar-refractivity contribution in [2.24, 2.45) is 0 Å². The van der Waals surface area contributed by atoms with Crippen LogP contribution in [0.5, 0.6) is 0 Å². The van der Waals surface area contributed by atoms with Crippen molar-refractivity contribution in [3.8, 4) is 0 Å². The Morgan fingerprint density at radius 1 is 0.548 bits per heavy atom. The molecule has 0 aromatic heterocycles. The molecule has 0 bridgehead atoms. The van der Waals surface area contributed by atoms with Crippen LogP contribution in [-0.2, 0) is 10.1 Å². The molecule has 3 nitrogen and oxygen atoms in total. The van der Waals surface area contributed by atoms with Gasteiger partial charge in [0.05, 0.1) is 0 Å². The Bertz CT molecular complexity index is 716. The first-order valence-electron chi connectivity index (χ1n) is 7.00. The molecule has 0 amide bonds. The van der Waals surface area contributed by atoms with Gasteiger partial charge >= 0.3 is 70.6 Å². The second-order valence-electron chi connectivity index (χ2n) is 5.80. The Morgan fingerprint density at radius 2 is 0.871 bits per heavy atom. The van der Waals surface area contributed by atoms with Gasteiger partial charge in [0, 0.05) is 12.8 Å². The van der Waals surface area contributed by atoms with Crippen LogP contribution in [0.3, 0.4) is 0 Å². The Morgan fingerprint density at radius 3 is 1.19 bits per heavy atom. The van der Waals surface area contributed by atoms with Crippen LogP contribution in [0, 0.1) is 0 Å². The quantitative estimate of drug-likeness (QED) is 0.190. The summed E-state index contributed by atoms with van der Waals surface area (Å²) in [5.41, 5.74) is 0. The first-order valence-corrected chi connectivity index (χ1v) is 8.40. The maximum Gasteiger partial charge on any atom is 1.00 e. The number of halogens is 15. The van der Waals surface area contributed by atoms with Gasteiger partial charge in [-0.1, -0.05) is 0 Å². The zero-order valence-corrected chi connectivity index (χ0v) is 17.4. The standard InChI is InChI=1S/C11H9F15O3S.Na/c12-5(13,3-1-2-4-6(14,15)16)7(17,18)8(19,20)9(21,22)10(23,24)11(25,26)30(27,28)29;/h1-4H2,(H,27,28,29);/q;+1/p-1. The van der Waals surface area contributed by atoms with Crippen molar-refractivity contribution in [3.63, 3.8) is 0 Å². The third kappa shape index (κ3) is 5.87. The molecule has 0 unspecified atom stereocenters. The van der Waals surface area contributed by atoms with Crippen LogP contribution >= 0.6 is 0 Å². The minimum atomic E-state index is -8.25. The predicted molar refractivity (Wildman–Crippen MR) is 63.9 cm³/mol. The molecule has 182 valence electrons. The number of unbranched alkanes of at least 4 members (excludes halogenated alkanes) is 1. The summed E-state index contributed by atoms with van der Waals surface area (Å²) >= 11 is 0. The molecule has 0 radical (unpaired) electrons. The molecule has 0 aromatic rings. The molecule has 0 saturated carbocycles. The van der Waals surface area contributed by atoms with Gasteiger partial charge in [-0.2, -0.15) is 65.9 Å². The van der Waals surface area contributed by atoms with Gasteiger partial charge in [0.1, 0.15) is 0 Å². The van der Waals surface area contributed by atoms with Crippen molar-refractivity contribution in [2.75, 3.05) is 0 Å². The van der Waals surface area contributed by atoms with Crippen LogP contribution < -0.4 is 29.6 Å². The normalized spacial score (nSPS) is 15.6. The summed E-state index contributed by atoms with van der Waals surface area (Å²) < 4.78 is 223. The van der Waals surface area contributed by atoms with Crippen LogP contribution in [0.2, 0.25) is 0 Å². The zero-order chi connectivity index (χ0) is 24.8. The SMILES string of the molecule is O=S(=O)([O-])C(F)(F)C(F)(F)C(F)(F)C(F)(F)C(F)(F)C(F)(F)CCCCC(F)(F)F.[Na+]. The first-order chi connectivity index (χ1) is 12.7. The van der Waals surface area contributed by atoms with Crippen LogP contribution in [-0.4, -0.2) is 54.0 Å². The van der Waals surface area contributed by atoms with Gasteiger partial charge in [0.25, 0.3) is 0 Å². The summed E-state index contributed by atoms with van der Waals surface area (Å²) in [5, 5.41) is -7.65. The molecule has 0 aliphatic heterocycles. The van der Waals surface area contributed by atoms with E-state index in [2.05, 4.69) is 0 Å². The third-order valence-corrected chi connectivity index (χ3v) is 4.41. The van der Waals surface area contributed by atoms with E-state index in [0.717, 1.165) is 0 Å². The topological polar surface area (TPSA) is 57.2 Å². The van der Waals surface area contributed by atoms with Crippen LogP contribution in [0.15, 0.2) is 0 Å². The molecule has 0 heterocycles. The molecule has 31 heavy (non-hydrogen) atoms. The average Bonchev–Trinajstić information content (AvgIpc) is 2.48. The predicted octanol–water partition coefficient (Wildman–Crippen LogP) is 2.43. The van der Waals surface area contributed by atoms with Crippen molar-refractivity contribution < 1.29 is 108 Å². The smallest absolute Gasteiger partial charge is 0.743 e. The van der Waals surface area contributed by atoms with Crippen molar-refractivity contribution in [1.29, 1.82) is 0 Å². The van der Waals surface area contributed by atoms with Gasteiger partial charge in [-0.3, -0.25) is 0 Å². The molecule has 0 aliphatic rings. The molecule has 0 N–H and O–H groups in total. The fraction of sp³-hybridized carbons (Fsp3) is 1.00. The Labute approximate surface area is 185 Å². The molecule has 20 heteroatoms. The minimum absolute atomic E-state index is 0. The molecule has 0 saturated heterocycles. The van der Waals surface area contributed by atoms with Crippen LogP contribution in [0.1, 0.15) is 25.7 Å². The van der Waals surface area contributed by atoms with Gasteiger partial charge in [-0.25, -0.2) is 8.42 Å². The molecule has 0 fully saturated rings. The van der Waals surface area contributed by atoms with Gasteiger partial charge < -0.3 is 4.55 Å². The zero-order valence-electron chi connectivity index (χ0n) is 14.6. The van der Waals surface area contributed by atoms with E-state index in [1.54, 1.807) is 0 Å². The van der Waals surface area contributed by atoms with E-state index in [4.69, 9.17) is 0 Å². The summed E-state index contributed by atoms with van der Waals surface area (Å²) in [5.74, 6) is -38.5. The number of hydrogen-bond acceptors (Lipinski definition) is 3. The van der Waals surface area contributed by atoms with E-state index in [1.807, 2.05) is 0 Å². The molecule has 0 aliphatic carbocycles. The van der Waals surface area contributed by atoms with Gasteiger partial charge in [-0.05, 0) is 12.8 Å². The number of rotatable bonds is 10. The molecule has 0 spiro atoms. The number of alkyl halides is 15. The maximum absolute atomic E-state index is 13.3. The van der Waals surface area contributed by atoms with E-state index < -0.39 is 76.8 Å². The largest absolute Gasteiger partial charge is 1.00 e. The van der Waals surface area contributed by atoms with E-state index in [-0.39, 0.29) is 29.6 Å². The van der Waals surface area contributed by atoms with E-state index in [0.29, 0.717) is 0 Å². The average molecular weight is 528 g/mol. The summed E-state index contributed by atoms with van der Waals surface area (Å²) in [6.45, 7) is 0. The molecule has 0 rings (SSSR count). The van der Waals surface area contributed by atoms with Gasteiger partial charge in [0.15, 0.2) is 10.1 Å². The number of hydrogen-bond donors (Lipinski definition) is 0. The van der Waals surface area contributed by atoms with Crippen molar-refractivity contribution in [3.05, 3.63) is 0 Å². The van der Waals surface area contributed by atoms with Crippen LogP contribution in [0.25, 0.3) is 0 Å². The van der Waals surface area contributed by atoms with Gasteiger partial charge in [0.2, 0.25) is 0 Å². The van der Waals surface area contributed by atoms with E-state index in [9.17, 15) is 78.8 Å². The van der Waals surface area contributed by atoms with Crippen molar-refractivity contribution >= 4 is 10.1 Å². The van der Waals surface area contributed by atoms with Gasteiger partial charge in [-0.15, -0.1) is 0 Å². The Kier molecular flexibility index (Phi) is 9.85. The van der Waals surface area contributed by atoms with Crippen LogP contribution in [0.4, 0.5) is 65.9 Å².